The fourth-order valence-corrected chi connectivity index (χ4v) is 1.75. The van der Waals surface area contributed by atoms with Crippen LogP contribution < -0.4 is 5.73 Å². The van der Waals surface area contributed by atoms with Crippen molar-refractivity contribution in [3.63, 3.8) is 0 Å². The second-order valence-electron chi connectivity index (χ2n) is 4.35. The first-order chi connectivity index (χ1) is 6.89. The number of halogens is 1. The highest BCUT2D eigenvalue weighted by molar-refractivity contribution is 5.76. The average molecular weight is 207 g/mol. The summed E-state index contributed by atoms with van der Waals surface area (Å²) in [4.78, 5) is 4.34. The van der Waals surface area contributed by atoms with Gasteiger partial charge in [0, 0.05) is 13.1 Å². The number of fused-ring (bicyclic) bond motifs is 1. The third kappa shape index (κ3) is 1.61. The van der Waals surface area contributed by atoms with Gasteiger partial charge in [0.25, 0.3) is 0 Å². The second-order valence-corrected chi connectivity index (χ2v) is 4.35. The molecule has 0 amide bonds. The molecule has 1 aromatic heterocycles. The van der Waals surface area contributed by atoms with Crippen LogP contribution in [0.25, 0.3) is 11.0 Å². The minimum atomic E-state index is -0.524. The Labute approximate surface area is 87.7 Å². The van der Waals surface area contributed by atoms with E-state index in [-0.39, 0.29) is 5.82 Å². The molecule has 0 aliphatic heterocycles. The summed E-state index contributed by atoms with van der Waals surface area (Å²) in [6.07, 6.45) is 0. The van der Waals surface area contributed by atoms with Crippen LogP contribution in [0.1, 0.15) is 19.7 Å². The van der Waals surface area contributed by atoms with Crippen LogP contribution >= 0.6 is 0 Å². The summed E-state index contributed by atoms with van der Waals surface area (Å²) < 4.78 is 14.9. The van der Waals surface area contributed by atoms with Crippen molar-refractivity contribution < 1.29 is 4.39 Å². The molecule has 1 aromatic carbocycles. The van der Waals surface area contributed by atoms with Crippen molar-refractivity contribution in [1.29, 1.82) is 0 Å². The molecule has 0 saturated carbocycles. The van der Waals surface area contributed by atoms with Gasteiger partial charge in [0.1, 0.15) is 11.6 Å². The molecule has 2 N–H and O–H groups in total. The molecule has 0 aliphatic carbocycles. The number of benzene rings is 1. The van der Waals surface area contributed by atoms with E-state index in [0.29, 0.717) is 5.52 Å². The molecule has 3 nitrogen and oxygen atoms in total. The quantitative estimate of drug-likeness (QED) is 0.776. The Morgan fingerprint density at radius 1 is 1.40 bits per heavy atom. The van der Waals surface area contributed by atoms with Crippen LogP contribution in [0.4, 0.5) is 4.39 Å². The lowest BCUT2D eigenvalue weighted by atomic mass is 10.1. The van der Waals surface area contributed by atoms with Gasteiger partial charge >= 0.3 is 0 Å². The topological polar surface area (TPSA) is 43.8 Å². The van der Waals surface area contributed by atoms with Gasteiger partial charge in [0.2, 0.25) is 0 Å². The van der Waals surface area contributed by atoms with Crippen LogP contribution in [0.5, 0.6) is 0 Å². The maximum absolute atomic E-state index is 13.0. The van der Waals surface area contributed by atoms with E-state index >= 15 is 0 Å². The van der Waals surface area contributed by atoms with Crippen LogP contribution in [-0.4, -0.2) is 9.55 Å². The van der Waals surface area contributed by atoms with E-state index in [1.807, 2.05) is 25.5 Å². The fraction of sp³-hybridized carbons (Fsp3) is 0.364. The summed E-state index contributed by atoms with van der Waals surface area (Å²) in [6, 6.07) is 4.56. The first-order valence-corrected chi connectivity index (χ1v) is 4.81. The summed E-state index contributed by atoms with van der Waals surface area (Å²) in [5, 5.41) is 0. The molecule has 4 heteroatoms. The van der Waals surface area contributed by atoms with Gasteiger partial charge in [0.15, 0.2) is 0 Å². The van der Waals surface area contributed by atoms with Crippen LogP contribution in [0.2, 0.25) is 0 Å². The Bertz CT molecular complexity index is 508. The SMILES string of the molecule is Cn1c(C(C)(C)N)nc2cc(F)ccc21. The largest absolute Gasteiger partial charge is 0.330 e. The first kappa shape index (κ1) is 10.1. The number of rotatable bonds is 1. The van der Waals surface area contributed by atoms with Crippen molar-refractivity contribution in [2.75, 3.05) is 0 Å². The second kappa shape index (κ2) is 3.03. The van der Waals surface area contributed by atoms with E-state index in [1.165, 1.54) is 12.1 Å². The number of aryl methyl sites for hydroxylation is 1. The third-order valence-electron chi connectivity index (χ3n) is 2.42. The molecule has 0 bridgehead atoms. The van der Waals surface area contributed by atoms with Crippen LogP contribution in [0.3, 0.4) is 0 Å². The van der Waals surface area contributed by atoms with E-state index in [4.69, 9.17) is 5.73 Å². The Morgan fingerprint density at radius 3 is 2.67 bits per heavy atom. The average Bonchev–Trinajstić information content (AvgIpc) is 2.42. The van der Waals surface area contributed by atoms with Crippen LogP contribution in [0, 0.1) is 5.82 Å². The van der Waals surface area contributed by atoms with Gasteiger partial charge < -0.3 is 10.3 Å². The number of hydrogen-bond donors (Lipinski definition) is 1. The van der Waals surface area contributed by atoms with Crippen LogP contribution in [0.15, 0.2) is 18.2 Å². The highest BCUT2D eigenvalue weighted by Crippen LogP contribution is 2.22. The minimum Gasteiger partial charge on any atom is -0.330 e. The zero-order chi connectivity index (χ0) is 11.2. The van der Waals surface area contributed by atoms with Gasteiger partial charge in [-0.2, -0.15) is 0 Å². The Hall–Kier alpha value is -1.42. The summed E-state index contributed by atoms with van der Waals surface area (Å²) in [5.74, 6) is 0.477. The molecule has 15 heavy (non-hydrogen) atoms. The van der Waals surface area contributed by atoms with Crippen molar-refractivity contribution in [3.05, 3.63) is 29.8 Å². The highest BCUT2D eigenvalue weighted by atomic mass is 19.1. The van der Waals surface area contributed by atoms with E-state index in [0.717, 1.165) is 11.3 Å². The molecule has 2 rings (SSSR count). The van der Waals surface area contributed by atoms with Gasteiger partial charge in [-0.1, -0.05) is 0 Å². The van der Waals surface area contributed by atoms with Crippen molar-refractivity contribution in [2.45, 2.75) is 19.4 Å². The number of hydrogen-bond acceptors (Lipinski definition) is 2. The number of aromatic nitrogens is 2. The van der Waals surface area contributed by atoms with Gasteiger partial charge in [-0.25, -0.2) is 9.37 Å². The van der Waals surface area contributed by atoms with Crippen LogP contribution in [-0.2, 0) is 12.6 Å². The van der Waals surface area contributed by atoms with Crippen molar-refractivity contribution in [1.82, 2.24) is 9.55 Å². The van der Waals surface area contributed by atoms with E-state index in [1.54, 1.807) is 6.07 Å². The van der Waals surface area contributed by atoms with Gasteiger partial charge in [-0.15, -0.1) is 0 Å². The monoisotopic (exact) mass is 207 g/mol. The Balaban J connectivity index is 2.75. The normalized spacial score (nSPS) is 12.3. The molecule has 1 heterocycles. The van der Waals surface area contributed by atoms with Gasteiger partial charge in [-0.3, -0.25) is 0 Å². The minimum absolute atomic E-state index is 0.276. The maximum atomic E-state index is 13.0. The molecule has 80 valence electrons. The van der Waals surface area contributed by atoms with Gasteiger partial charge in [0.05, 0.1) is 16.6 Å². The first-order valence-electron chi connectivity index (χ1n) is 4.81. The lowest BCUT2D eigenvalue weighted by Crippen LogP contribution is -2.32. The van der Waals surface area contributed by atoms with E-state index < -0.39 is 5.54 Å². The zero-order valence-corrected chi connectivity index (χ0v) is 9.08. The molecule has 0 unspecified atom stereocenters. The number of imidazole rings is 1. The molecular weight excluding hydrogens is 193 g/mol. The lowest BCUT2D eigenvalue weighted by Gasteiger charge is -2.17. The zero-order valence-electron chi connectivity index (χ0n) is 9.08. The van der Waals surface area contributed by atoms with Crippen molar-refractivity contribution in [2.24, 2.45) is 12.8 Å². The molecule has 0 radical (unpaired) electrons. The van der Waals surface area contributed by atoms with E-state index in [2.05, 4.69) is 4.98 Å². The predicted octanol–water partition coefficient (Wildman–Crippen LogP) is 1.91. The maximum Gasteiger partial charge on any atom is 0.129 e. The molecular formula is C11H14FN3. The standard InChI is InChI=1S/C11H14FN3/c1-11(2,13)10-14-8-6-7(12)4-5-9(8)15(10)3/h4-6H,13H2,1-3H3. The highest BCUT2D eigenvalue weighted by Gasteiger charge is 2.21. The number of nitrogens with zero attached hydrogens (tertiary/aromatic N) is 2. The van der Waals surface area contributed by atoms with Crippen molar-refractivity contribution in [3.8, 4) is 0 Å². The summed E-state index contributed by atoms with van der Waals surface area (Å²) in [5.41, 5.74) is 7.00. The molecule has 0 fully saturated rings. The summed E-state index contributed by atoms with van der Waals surface area (Å²) >= 11 is 0. The number of nitrogens with two attached hydrogens (primary N) is 1. The molecule has 0 saturated heterocycles. The summed E-state index contributed by atoms with van der Waals surface area (Å²) in [6.45, 7) is 3.76. The molecule has 0 atom stereocenters. The lowest BCUT2D eigenvalue weighted by molar-refractivity contribution is 0.498. The Morgan fingerprint density at radius 2 is 2.07 bits per heavy atom. The predicted molar refractivity (Wildman–Crippen MR) is 57.9 cm³/mol. The summed E-state index contributed by atoms with van der Waals surface area (Å²) in [7, 11) is 1.89. The third-order valence-corrected chi connectivity index (χ3v) is 2.42. The molecule has 0 spiro atoms. The van der Waals surface area contributed by atoms with E-state index in [9.17, 15) is 4.39 Å². The smallest absolute Gasteiger partial charge is 0.129 e. The fourth-order valence-electron chi connectivity index (χ4n) is 1.75. The van der Waals surface area contributed by atoms with Crippen molar-refractivity contribution >= 4 is 11.0 Å². The van der Waals surface area contributed by atoms with Gasteiger partial charge in [-0.05, 0) is 26.0 Å². The molecule has 2 aromatic rings. The molecule has 0 aliphatic rings. The Kier molecular flexibility index (Phi) is 2.04.